The van der Waals surface area contributed by atoms with Crippen LogP contribution in [-0.4, -0.2) is 20.4 Å². The zero-order valence-electron chi connectivity index (χ0n) is 15.2. The number of carbonyl (C=O) groups excluding carboxylic acids is 1. The molecule has 0 saturated carbocycles. The lowest BCUT2D eigenvalue weighted by Crippen LogP contribution is -2.45. The maximum Gasteiger partial charge on any atom is 0.242 e. The predicted octanol–water partition coefficient (Wildman–Crippen LogP) is 4.74. The van der Waals surface area contributed by atoms with Gasteiger partial charge in [0.25, 0.3) is 0 Å². The highest BCUT2D eigenvalue weighted by Crippen LogP contribution is 2.18. The topological polar surface area (TPSA) is 75.3 Å². The van der Waals surface area contributed by atoms with Gasteiger partial charge < -0.3 is 5.32 Å². The van der Waals surface area contributed by atoms with Crippen molar-refractivity contribution in [3.05, 3.63) is 93.4 Å². The largest absolute Gasteiger partial charge is 0.325 e. The molecule has 0 fully saturated rings. The average Bonchev–Trinajstić information content (AvgIpc) is 2.68. The van der Waals surface area contributed by atoms with E-state index in [1.807, 2.05) is 36.4 Å². The molecule has 0 aliphatic rings. The van der Waals surface area contributed by atoms with Crippen molar-refractivity contribution in [2.75, 3.05) is 5.32 Å². The smallest absolute Gasteiger partial charge is 0.242 e. The van der Waals surface area contributed by atoms with Gasteiger partial charge in [-0.3, -0.25) is 4.79 Å². The third-order valence-corrected chi connectivity index (χ3v) is 6.62. The molecule has 0 aliphatic heterocycles. The third-order valence-electron chi connectivity index (χ3n) is 4.11. The predicted molar refractivity (Wildman–Crippen MR) is 121 cm³/mol. The Morgan fingerprint density at radius 1 is 0.862 bits per heavy atom. The Balaban J connectivity index is 1.85. The van der Waals surface area contributed by atoms with E-state index in [1.54, 1.807) is 30.3 Å². The number of halogens is 2. The lowest BCUT2D eigenvalue weighted by Gasteiger charge is -2.19. The van der Waals surface area contributed by atoms with Crippen LogP contribution in [0.2, 0.25) is 0 Å². The summed E-state index contributed by atoms with van der Waals surface area (Å²) in [6, 6.07) is 21.7. The fourth-order valence-electron chi connectivity index (χ4n) is 2.70. The van der Waals surface area contributed by atoms with Gasteiger partial charge in [0.15, 0.2) is 0 Å². The standard InChI is InChI=1S/C21H18Br2N2O3S/c22-16-9-11-19(12-10-16)29(27,28)25-20(13-15-5-2-1-3-6-15)21(26)24-18-8-4-7-17(23)14-18/h1-12,14,20,25H,13H2,(H,24,26)/t20-/m1/s1. The minimum absolute atomic E-state index is 0.0917. The van der Waals surface area contributed by atoms with E-state index in [4.69, 9.17) is 0 Å². The number of hydrogen-bond donors (Lipinski definition) is 2. The third kappa shape index (κ3) is 6.24. The van der Waals surface area contributed by atoms with E-state index in [2.05, 4.69) is 41.9 Å². The van der Waals surface area contributed by atoms with E-state index in [0.717, 1.165) is 14.5 Å². The highest BCUT2D eigenvalue weighted by atomic mass is 79.9. The maximum atomic E-state index is 12.9. The summed E-state index contributed by atoms with van der Waals surface area (Å²) in [6.07, 6.45) is 0.219. The lowest BCUT2D eigenvalue weighted by molar-refractivity contribution is -0.117. The molecule has 1 amide bonds. The van der Waals surface area contributed by atoms with Gasteiger partial charge in [0.2, 0.25) is 15.9 Å². The molecule has 0 spiro atoms. The molecule has 3 aromatic rings. The number of sulfonamides is 1. The van der Waals surface area contributed by atoms with Crippen molar-refractivity contribution in [3.8, 4) is 0 Å². The highest BCUT2D eigenvalue weighted by molar-refractivity contribution is 9.10. The first-order valence-electron chi connectivity index (χ1n) is 8.72. The Morgan fingerprint density at radius 2 is 1.55 bits per heavy atom. The number of anilines is 1. The molecule has 3 aromatic carbocycles. The second kappa shape index (κ2) is 9.67. The Bertz CT molecular complexity index is 1090. The molecule has 1 atom stereocenters. The van der Waals surface area contributed by atoms with Gasteiger partial charge in [-0.05, 0) is 54.4 Å². The van der Waals surface area contributed by atoms with E-state index in [0.29, 0.717) is 5.69 Å². The summed E-state index contributed by atoms with van der Waals surface area (Å²) in [6.45, 7) is 0. The second-order valence-electron chi connectivity index (χ2n) is 6.32. The van der Waals surface area contributed by atoms with Crippen LogP contribution in [0.15, 0.2) is 92.7 Å². The SMILES string of the molecule is O=C(Nc1cccc(Br)c1)[C@@H](Cc1ccccc1)NS(=O)(=O)c1ccc(Br)cc1. The van der Waals surface area contributed by atoms with Crippen molar-refractivity contribution in [2.45, 2.75) is 17.4 Å². The quantitative estimate of drug-likeness (QED) is 0.457. The number of amides is 1. The molecule has 150 valence electrons. The van der Waals surface area contributed by atoms with Crippen molar-refractivity contribution in [1.29, 1.82) is 0 Å². The minimum atomic E-state index is -3.88. The van der Waals surface area contributed by atoms with Crippen molar-refractivity contribution in [1.82, 2.24) is 4.72 Å². The van der Waals surface area contributed by atoms with Crippen molar-refractivity contribution in [2.24, 2.45) is 0 Å². The average molecular weight is 538 g/mol. The molecular weight excluding hydrogens is 520 g/mol. The first-order chi connectivity index (χ1) is 13.8. The molecule has 3 rings (SSSR count). The van der Waals surface area contributed by atoms with Crippen LogP contribution in [0.25, 0.3) is 0 Å². The summed E-state index contributed by atoms with van der Waals surface area (Å²) < 4.78 is 29.8. The van der Waals surface area contributed by atoms with Gasteiger partial charge in [0.05, 0.1) is 4.90 Å². The number of nitrogens with one attached hydrogen (secondary N) is 2. The summed E-state index contributed by atoms with van der Waals surface area (Å²) in [5.41, 5.74) is 1.42. The lowest BCUT2D eigenvalue weighted by atomic mass is 10.1. The van der Waals surface area contributed by atoms with Gasteiger partial charge in [-0.15, -0.1) is 0 Å². The van der Waals surface area contributed by atoms with Crippen LogP contribution in [0.1, 0.15) is 5.56 Å². The number of benzene rings is 3. The van der Waals surface area contributed by atoms with Crippen molar-refractivity contribution < 1.29 is 13.2 Å². The van der Waals surface area contributed by atoms with Crippen LogP contribution < -0.4 is 10.0 Å². The number of carbonyl (C=O) groups is 1. The van der Waals surface area contributed by atoms with Gasteiger partial charge in [0.1, 0.15) is 6.04 Å². The Labute approximate surface area is 186 Å². The molecule has 0 aliphatic carbocycles. The second-order valence-corrected chi connectivity index (χ2v) is 9.86. The summed E-state index contributed by atoms with van der Waals surface area (Å²) in [7, 11) is -3.88. The van der Waals surface area contributed by atoms with Crippen LogP contribution in [0.4, 0.5) is 5.69 Å². The zero-order chi connectivity index (χ0) is 20.9. The van der Waals surface area contributed by atoms with E-state index < -0.39 is 22.0 Å². The minimum Gasteiger partial charge on any atom is -0.325 e. The van der Waals surface area contributed by atoms with E-state index in [9.17, 15) is 13.2 Å². The number of rotatable bonds is 7. The van der Waals surface area contributed by atoms with Gasteiger partial charge in [-0.2, -0.15) is 4.72 Å². The molecule has 2 N–H and O–H groups in total. The Kier molecular flexibility index (Phi) is 7.23. The maximum absolute atomic E-state index is 12.9. The van der Waals surface area contributed by atoms with Crippen LogP contribution in [0.3, 0.4) is 0 Å². The molecule has 0 bridgehead atoms. The fourth-order valence-corrected chi connectivity index (χ4v) is 4.56. The summed E-state index contributed by atoms with van der Waals surface area (Å²) >= 11 is 6.65. The van der Waals surface area contributed by atoms with Crippen LogP contribution >= 0.6 is 31.9 Å². The Morgan fingerprint density at radius 3 is 2.21 bits per heavy atom. The van der Waals surface area contributed by atoms with Gasteiger partial charge in [-0.1, -0.05) is 68.3 Å². The molecule has 0 heterocycles. The molecule has 0 radical (unpaired) electrons. The summed E-state index contributed by atoms with van der Waals surface area (Å²) in [5, 5.41) is 2.78. The summed E-state index contributed by atoms with van der Waals surface area (Å²) in [4.78, 5) is 13.0. The molecule has 0 saturated heterocycles. The summed E-state index contributed by atoms with van der Waals surface area (Å²) in [5.74, 6) is -0.437. The first-order valence-corrected chi connectivity index (χ1v) is 11.8. The highest BCUT2D eigenvalue weighted by Gasteiger charge is 2.26. The molecular formula is C21H18Br2N2O3S. The van der Waals surface area contributed by atoms with Crippen LogP contribution in [0.5, 0.6) is 0 Å². The molecule has 8 heteroatoms. The van der Waals surface area contributed by atoms with E-state index in [1.165, 1.54) is 12.1 Å². The normalized spacial score (nSPS) is 12.3. The molecule has 5 nitrogen and oxygen atoms in total. The van der Waals surface area contributed by atoms with Gasteiger partial charge in [-0.25, -0.2) is 8.42 Å². The van der Waals surface area contributed by atoms with Gasteiger partial charge in [0, 0.05) is 14.6 Å². The van der Waals surface area contributed by atoms with Crippen LogP contribution in [-0.2, 0) is 21.2 Å². The fraction of sp³-hybridized carbons (Fsp3) is 0.0952. The monoisotopic (exact) mass is 536 g/mol. The molecule has 29 heavy (non-hydrogen) atoms. The van der Waals surface area contributed by atoms with Crippen LogP contribution in [0, 0.1) is 0 Å². The van der Waals surface area contributed by atoms with E-state index >= 15 is 0 Å². The zero-order valence-corrected chi connectivity index (χ0v) is 19.2. The van der Waals surface area contributed by atoms with Gasteiger partial charge >= 0.3 is 0 Å². The van der Waals surface area contributed by atoms with Crippen molar-refractivity contribution >= 4 is 53.5 Å². The molecule has 0 unspecified atom stereocenters. The van der Waals surface area contributed by atoms with E-state index in [-0.39, 0.29) is 11.3 Å². The Hall–Kier alpha value is -2.00. The van der Waals surface area contributed by atoms with Crippen molar-refractivity contribution in [3.63, 3.8) is 0 Å². The number of hydrogen-bond acceptors (Lipinski definition) is 3. The first kappa shape index (κ1) is 21.7. The molecule has 0 aromatic heterocycles.